The molecule has 5 N–H and O–H groups in total. The maximum atomic E-state index is 12.7. The smallest absolute Gasteiger partial charge is 0.304 e. The number of carboxylic acid groups (broad SMARTS) is 1. The first-order chi connectivity index (χ1) is 24.1. The Labute approximate surface area is 295 Å². The van der Waals surface area contributed by atoms with Crippen LogP contribution in [0.1, 0.15) is 67.1 Å². The molecule has 2 atom stereocenters. The van der Waals surface area contributed by atoms with Gasteiger partial charge in [-0.2, -0.15) is 5.10 Å². The van der Waals surface area contributed by atoms with Crippen LogP contribution < -0.4 is 21.1 Å². The Bertz CT molecular complexity index is 1590. The molecule has 4 heterocycles. The average molecular weight is 691 g/mol. The molecular weight excluding hydrogens is 636 g/mol. The molecule has 2 saturated heterocycles. The molecule has 0 radical (unpaired) electrons. The van der Waals surface area contributed by atoms with Gasteiger partial charge >= 0.3 is 5.97 Å². The Hall–Kier alpha value is -4.49. The molecule has 2 aliphatic heterocycles. The molecule has 2 unspecified atom stereocenters. The summed E-state index contributed by atoms with van der Waals surface area (Å²) < 4.78 is 7.16. The molecule has 272 valence electrons. The summed E-state index contributed by atoms with van der Waals surface area (Å²) in [5.41, 5.74) is 16.3. The SMILES string of the molecule is CN.COc1ccc(CCC2CCN(CC(CC(=O)O)c3cc(N4CCN(C(=O)CCCC=O)CC4)cc(-n4nc(C)cc4C)c3)C2)nc1N. The van der Waals surface area contributed by atoms with Crippen LogP contribution in [0.15, 0.2) is 36.4 Å². The number of hydrogen-bond acceptors (Lipinski definition) is 10. The van der Waals surface area contributed by atoms with Gasteiger partial charge in [0, 0.05) is 75.1 Å². The van der Waals surface area contributed by atoms with E-state index in [-0.39, 0.29) is 18.2 Å². The molecule has 0 aliphatic carbocycles. The molecular formula is C37H54N8O5. The van der Waals surface area contributed by atoms with Gasteiger partial charge in [-0.25, -0.2) is 9.67 Å². The topological polar surface area (TPSA) is 173 Å². The minimum Gasteiger partial charge on any atom is -0.493 e. The number of rotatable bonds is 15. The zero-order valence-corrected chi connectivity index (χ0v) is 30.0. The molecule has 13 heteroatoms. The van der Waals surface area contributed by atoms with Crippen LogP contribution in [0, 0.1) is 19.8 Å². The highest BCUT2D eigenvalue weighted by atomic mass is 16.5. The van der Waals surface area contributed by atoms with Crippen LogP contribution in [0.25, 0.3) is 5.69 Å². The van der Waals surface area contributed by atoms with Crippen LogP contribution in [0.2, 0.25) is 0 Å². The van der Waals surface area contributed by atoms with Crippen molar-refractivity contribution in [2.45, 2.75) is 64.7 Å². The van der Waals surface area contributed by atoms with Crippen molar-refractivity contribution < 1.29 is 24.2 Å². The van der Waals surface area contributed by atoms with Gasteiger partial charge in [0.25, 0.3) is 0 Å². The molecule has 1 amide bonds. The van der Waals surface area contributed by atoms with E-state index in [0.717, 1.165) is 72.7 Å². The Morgan fingerprint density at radius 2 is 1.80 bits per heavy atom. The lowest BCUT2D eigenvalue weighted by molar-refractivity contribution is -0.137. The highest BCUT2D eigenvalue weighted by Crippen LogP contribution is 2.32. The summed E-state index contributed by atoms with van der Waals surface area (Å²) in [6.07, 6.45) is 5.13. The van der Waals surface area contributed by atoms with Crippen molar-refractivity contribution in [2.75, 3.05) is 70.6 Å². The van der Waals surface area contributed by atoms with Gasteiger partial charge < -0.3 is 40.8 Å². The Balaban J connectivity index is 0.00000276. The number of methoxy groups -OCH3 is 1. The van der Waals surface area contributed by atoms with Crippen molar-refractivity contribution in [3.05, 3.63) is 59.0 Å². The largest absolute Gasteiger partial charge is 0.493 e. The molecule has 0 spiro atoms. The third-order valence-corrected chi connectivity index (χ3v) is 9.60. The molecule has 2 aromatic heterocycles. The van der Waals surface area contributed by atoms with Crippen LogP contribution in [0.5, 0.6) is 5.75 Å². The lowest BCUT2D eigenvalue weighted by Crippen LogP contribution is -2.48. The monoisotopic (exact) mass is 690 g/mol. The third kappa shape index (κ3) is 10.3. The van der Waals surface area contributed by atoms with Crippen molar-refractivity contribution >= 4 is 29.7 Å². The zero-order chi connectivity index (χ0) is 36.2. The maximum absolute atomic E-state index is 12.7. The van der Waals surface area contributed by atoms with E-state index in [9.17, 15) is 19.5 Å². The molecule has 50 heavy (non-hydrogen) atoms. The van der Waals surface area contributed by atoms with Crippen molar-refractivity contribution in [3.63, 3.8) is 0 Å². The summed E-state index contributed by atoms with van der Waals surface area (Å²) in [6, 6.07) is 12.2. The number of aliphatic carboxylic acids is 1. The fourth-order valence-electron chi connectivity index (χ4n) is 7.05. The number of amides is 1. The minimum atomic E-state index is -0.821. The number of nitrogen functional groups attached to an aromatic ring is 1. The first-order valence-corrected chi connectivity index (χ1v) is 17.6. The Morgan fingerprint density at radius 1 is 1.06 bits per heavy atom. The summed E-state index contributed by atoms with van der Waals surface area (Å²) in [7, 11) is 3.08. The fourth-order valence-corrected chi connectivity index (χ4v) is 7.05. The van der Waals surface area contributed by atoms with Gasteiger partial charge in [-0.05, 0) is 101 Å². The molecule has 2 fully saturated rings. The lowest BCUT2D eigenvalue weighted by atomic mass is 9.93. The second-order valence-corrected chi connectivity index (χ2v) is 13.2. The summed E-state index contributed by atoms with van der Waals surface area (Å²) in [5.74, 6) is 0.542. The van der Waals surface area contributed by atoms with Crippen LogP contribution in [0.4, 0.5) is 11.5 Å². The highest BCUT2D eigenvalue weighted by molar-refractivity contribution is 5.77. The number of aromatic nitrogens is 3. The average Bonchev–Trinajstić information content (AvgIpc) is 3.72. The zero-order valence-electron chi connectivity index (χ0n) is 30.0. The number of pyridine rings is 1. The summed E-state index contributed by atoms with van der Waals surface area (Å²) >= 11 is 0. The number of anilines is 2. The molecule has 2 aliphatic rings. The number of ether oxygens (including phenoxy) is 1. The Morgan fingerprint density at radius 3 is 2.44 bits per heavy atom. The van der Waals surface area contributed by atoms with Crippen LogP contribution in [-0.2, 0) is 20.8 Å². The van der Waals surface area contributed by atoms with E-state index in [0.29, 0.717) is 69.5 Å². The number of benzene rings is 1. The highest BCUT2D eigenvalue weighted by Gasteiger charge is 2.28. The number of carbonyl (C=O) groups is 3. The van der Waals surface area contributed by atoms with Crippen molar-refractivity contribution in [3.8, 4) is 11.4 Å². The quantitative estimate of drug-likeness (QED) is 0.157. The van der Waals surface area contributed by atoms with Crippen molar-refractivity contribution in [2.24, 2.45) is 11.7 Å². The normalized spacial score (nSPS) is 16.9. The van der Waals surface area contributed by atoms with Crippen molar-refractivity contribution in [1.82, 2.24) is 24.6 Å². The molecule has 1 aromatic carbocycles. The number of nitrogens with two attached hydrogens (primary N) is 2. The first-order valence-electron chi connectivity index (χ1n) is 17.6. The summed E-state index contributed by atoms with van der Waals surface area (Å²) in [4.78, 5) is 46.6. The summed E-state index contributed by atoms with van der Waals surface area (Å²) in [6.45, 7) is 9.03. The van der Waals surface area contributed by atoms with E-state index in [1.807, 2.05) is 41.6 Å². The Kier molecular flexibility index (Phi) is 14.2. The molecule has 3 aromatic rings. The standard InChI is InChI=1S/C36H49N7O5.CH5N/c1-25-18-26(2)43(39-25)32-20-28(19-31(22-32)41-13-15-42(16-14-41)34(45)6-4-5-17-44)29(21-35(46)47)24-40-12-11-27(23-40)7-8-30-9-10-33(48-3)36(37)38-30;1-2/h9-10,17-20,22,27,29H,4-8,11-16,21,23-24H2,1-3H3,(H2,37,38)(H,46,47);2H2,1H3. The number of aryl methyl sites for hydroxylation is 3. The number of carbonyl (C=O) groups excluding carboxylic acids is 2. The van der Waals surface area contributed by atoms with E-state index < -0.39 is 5.97 Å². The van der Waals surface area contributed by atoms with E-state index >= 15 is 0 Å². The molecule has 13 nitrogen and oxygen atoms in total. The van der Waals surface area contributed by atoms with Gasteiger partial charge in [-0.15, -0.1) is 0 Å². The molecule has 0 bridgehead atoms. The number of hydrogen-bond donors (Lipinski definition) is 3. The van der Waals surface area contributed by atoms with Crippen LogP contribution >= 0.6 is 0 Å². The van der Waals surface area contributed by atoms with E-state index in [4.69, 9.17) is 15.6 Å². The number of aldehydes is 1. The maximum Gasteiger partial charge on any atom is 0.304 e. The fraction of sp³-hybridized carbons (Fsp3) is 0.541. The van der Waals surface area contributed by atoms with Crippen LogP contribution in [-0.4, -0.2) is 108 Å². The van der Waals surface area contributed by atoms with Gasteiger partial charge in [0.1, 0.15) is 6.29 Å². The number of nitrogens with zero attached hydrogens (tertiary/aromatic N) is 6. The predicted molar refractivity (Wildman–Crippen MR) is 195 cm³/mol. The van der Waals surface area contributed by atoms with E-state index in [1.54, 1.807) is 7.11 Å². The van der Waals surface area contributed by atoms with E-state index in [1.165, 1.54) is 7.05 Å². The minimum absolute atomic E-state index is 0.0271. The number of carboxylic acids is 1. The van der Waals surface area contributed by atoms with Gasteiger partial charge in [0.05, 0.1) is 24.9 Å². The first kappa shape index (κ1) is 38.3. The molecule has 5 rings (SSSR count). The summed E-state index contributed by atoms with van der Waals surface area (Å²) in [5, 5.41) is 14.8. The second-order valence-electron chi connectivity index (χ2n) is 13.2. The van der Waals surface area contributed by atoms with Gasteiger partial charge in [-0.3, -0.25) is 9.59 Å². The number of piperazine rings is 1. The van der Waals surface area contributed by atoms with Gasteiger partial charge in [0.2, 0.25) is 5.91 Å². The number of likely N-dealkylation sites (tertiary alicyclic amines) is 1. The van der Waals surface area contributed by atoms with Gasteiger partial charge in [0.15, 0.2) is 11.6 Å². The van der Waals surface area contributed by atoms with Crippen molar-refractivity contribution in [1.29, 1.82) is 0 Å². The predicted octanol–water partition coefficient (Wildman–Crippen LogP) is 3.58. The van der Waals surface area contributed by atoms with E-state index in [2.05, 4.69) is 38.7 Å². The van der Waals surface area contributed by atoms with Gasteiger partial charge in [-0.1, -0.05) is 0 Å². The number of unbranched alkanes of at least 4 members (excludes halogenated alkanes) is 1. The second kappa shape index (κ2) is 18.5. The lowest BCUT2D eigenvalue weighted by Gasteiger charge is -2.37. The van der Waals surface area contributed by atoms with Crippen LogP contribution in [0.3, 0.4) is 0 Å². The third-order valence-electron chi connectivity index (χ3n) is 9.60. The molecule has 0 saturated carbocycles.